The predicted octanol–water partition coefficient (Wildman–Crippen LogP) is 3.34. The van der Waals surface area contributed by atoms with Crippen molar-refractivity contribution >= 4 is 39.2 Å². The number of para-hydroxylation sites is 1. The SMILES string of the molecule is CC(C)c1cccc(C(C)C)c1NC(=O)COC(=O)CS[C@H]1CCS(=O)(=O)C1. The monoisotopic (exact) mass is 427 g/mol. The molecule has 2 rings (SSSR count). The van der Waals surface area contributed by atoms with Gasteiger partial charge < -0.3 is 10.1 Å². The number of rotatable bonds is 8. The molecule has 6 nitrogen and oxygen atoms in total. The first-order chi connectivity index (χ1) is 13.1. The second kappa shape index (κ2) is 9.78. The molecule has 156 valence electrons. The fourth-order valence-electron chi connectivity index (χ4n) is 3.14. The second-order valence-corrected chi connectivity index (χ2v) is 11.2. The Morgan fingerprint density at radius 3 is 2.29 bits per heavy atom. The summed E-state index contributed by atoms with van der Waals surface area (Å²) in [5, 5.41) is 2.83. The minimum absolute atomic E-state index is 0.0489. The molecule has 0 bridgehead atoms. The third-order valence-electron chi connectivity index (χ3n) is 4.63. The normalized spacial score (nSPS) is 18.4. The second-order valence-electron chi connectivity index (χ2n) is 7.67. The Morgan fingerprint density at radius 1 is 1.18 bits per heavy atom. The molecule has 0 unspecified atom stereocenters. The van der Waals surface area contributed by atoms with Crippen LogP contribution in [0.5, 0.6) is 0 Å². The van der Waals surface area contributed by atoms with Gasteiger partial charge in [-0.15, -0.1) is 11.8 Å². The number of thioether (sulfide) groups is 1. The molecule has 1 N–H and O–H groups in total. The van der Waals surface area contributed by atoms with E-state index >= 15 is 0 Å². The maximum absolute atomic E-state index is 12.3. The quantitative estimate of drug-likeness (QED) is 0.640. The van der Waals surface area contributed by atoms with Gasteiger partial charge in [0.05, 0.1) is 17.3 Å². The van der Waals surface area contributed by atoms with Crippen molar-refractivity contribution in [3.05, 3.63) is 29.3 Å². The number of anilines is 1. The van der Waals surface area contributed by atoms with Crippen LogP contribution in [0, 0.1) is 0 Å². The van der Waals surface area contributed by atoms with Crippen LogP contribution in [0.15, 0.2) is 18.2 Å². The summed E-state index contributed by atoms with van der Waals surface area (Å²) in [5.74, 6) is -0.0631. The summed E-state index contributed by atoms with van der Waals surface area (Å²) >= 11 is 1.28. The number of hydrogen-bond donors (Lipinski definition) is 1. The maximum atomic E-state index is 12.3. The molecule has 0 aliphatic carbocycles. The molecule has 1 aromatic rings. The first kappa shape index (κ1) is 22.7. The van der Waals surface area contributed by atoms with Crippen molar-refractivity contribution in [2.45, 2.75) is 51.2 Å². The van der Waals surface area contributed by atoms with E-state index in [1.54, 1.807) is 0 Å². The molecule has 0 spiro atoms. The van der Waals surface area contributed by atoms with E-state index in [1.807, 2.05) is 18.2 Å². The molecule has 0 saturated carbocycles. The Balaban J connectivity index is 1.88. The van der Waals surface area contributed by atoms with Gasteiger partial charge in [-0.1, -0.05) is 45.9 Å². The van der Waals surface area contributed by atoms with Crippen molar-refractivity contribution in [2.75, 3.05) is 29.2 Å². The minimum atomic E-state index is -2.96. The van der Waals surface area contributed by atoms with Crippen LogP contribution in [0.3, 0.4) is 0 Å². The first-order valence-corrected chi connectivity index (χ1v) is 12.4. The van der Waals surface area contributed by atoms with Crippen molar-refractivity contribution < 1.29 is 22.7 Å². The van der Waals surface area contributed by atoms with Gasteiger partial charge in [-0.25, -0.2) is 8.42 Å². The lowest BCUT2D eigenvalue weighted by Crippen LogP contribution is -2.23. The maximum Gasteiger partial charge on any atom is 0.316 e. The van der Waals surface area contributed by atoms with Gasteiger partial charge in [0.1, 0.15) is 0 Å². The lowest BCUT2D eigenvalue weighted by atomic mass is 9.92. The largest absolute Gasteiger partial charge is 0.455 e. The molecule has 1 fully saturated rings. The first-order valence-electron chi connectivity index (χ1n) is 9.49. The molecule has 28 heavy (non-hydrogen) atoms. The number of sulfone groups is 1. The molecule has 8 heteroatoms. The molecular weight excluding hydrogens is 398 g/mol. The Morgan fingerprint density at radius 2 is 1.79 bits per heavy atom. The molecule has 0 radical (unpaired) electrons. The Kier molecular flexibility index (Phi) is 7.95. The molecule has 1 aliphatic heterocycles. The van der Waals surface area contributed by atoms with E-state index in [-0.39, 0.29) is 46.9 Å². The van der Waals surface area contributed by atoms with Crippen LogP contribution >= 0.6 is 11.8 Å². The predicted molar refractivity (Wildman–Crippen MR) is 114 cm³/mol. The number of benzene rings is 1. The van der Waals surface area contributed by atoms with E-state index in [0.29, 0.717) is 6.42 Å². The number of esters is 1. The van der Waals surface area contributed by atoms with Gasteiger partial charge >= 0.3 is 5.97 Å². The highest BCUT2D eigenvalue weighted by molar-refractivity contribution is 8.02. The van der Waals surface area contributed by atoms with Gasteiger partial charge in [-0.2, -0.15) is 0 Å². The van der Waals surface area contributed by atoms with Crippen LogP contribution in [0.25, 0.3) is 0 Å². The van der Waals surface area contributed by atoms with E-state index in [9.17, 15) is 18.0 Å². The molecule has 1 atom stereocenters. The fraction of sp³-hybridized carbons (Fsp3) is 0.600. The third kappa shape index (κ3) is 6.51. The highest BCUT2D eigenvalue weighted by Crippen LogP contribution is 2.32. The number of nitrogens with one attached hydrogen (secondary N) is 1. The molecule has 1 heterocycles. The van der Waals surface area contributed by atoms with E-state index in [4.69, 9.17) is 4.74 Å². The zero-order chi connectivity index (χ0) is 20.9. The van der Waals surface area contributed by atoms with Crippen LogP contribution in [0.1, 0.15) is 57.1 Å². The molecule has 1 aromatic carbocycles. The van der Waals surface area contributed by atoms with Gasteiger partial charge in [-0.3, -0.25) is 9.59 Å². The van der Waals surface area contributed by atoms with Gasteiger partial charge in [0.15, 0.2) is 16.4 Å². The number of ether oxygens (including phenoxy) is 1. The van der Waals surface area contributed by atoms with E-state index in [2.05, 4.69) is 33.0 Å². The van der Waals surface area contributed by atoms with E-state index in [0.717, 1.165) is 16.8 Å². The minimum Gasteiger partial charge on any atom is -0.455 e. The number of hydrogen-bond acceptors (Lipinski definition) is 6. The Labute approximate surface area is 171 Å². The third-order valence-corrected chi connectivity index (χ3v) is 7.88. The summed E-state index contributed by atoms with van der Waals surface area (Å²) in [6.45, 7) is 7.91. The molecular formula is C20H29NO5S2. The Hall–Kier alpha value is -1.54. The van der Waals surface area contributed by atoms with Gasteiger partial charge in [0.2, 0.25) is 0 Å². The highest BCUT2D eigenvalue weighted by Gasteiger charge is 2.28. The van der Waals surface area contributed by atoms with Crippen molar-refractivity contribution in [2.24, 2.45) is 0 Å². The summed E-state index contributed by atoms with van der Waals surface area (Å²) < 4.78 is 28.0. The summed E-state index contributed by atoms with van der Waals surface area (Å²) in [4.78, 5) is 24.2. The number of carbonyl (C=O) groups is 2. The van der Waals surface area contributed by atoms with Crippen LogP contribution in [-0.4, -0.2) is 49.4 Å². The van der Waals surface area contributed by atoms with Crippen molar-refractivity contribution in [3.8, 4) is 0 Å². The summed E-state index contributed by atoms with van der Waals surface area (Å²) in [6.07, 6.45) is 0.560. The van der Waals surface area contributed by atoms with Crippen LogP contribution in [0.2, 0.25) is 0 Å². The lowest BCUT2D eigenvalue weighted by molar-refractivity contribution is -0.144. The van der Waals surface area contributed by atoms with E-state index < -0.39 is 15.8 Å². The standard InChI is InChI=1S/C20H29NO5S2/c1-13(2)16-6-5-7-17(14(3)4)20(16)21-18(22)10-26-19(23)11-27-15-8-9-28(24,25)12-15/h5-7,13-15H,8-12H2,1-4H3,(H,21,22)/t15-/m0/s1. The number of carbonyl (C=O) groups excluding carboxylic acids is 2. The molecule has 0 aromatic heterocycles. The zero-order valence-electron chi connectivity index (χ0n) is 16.9. The average molecular weight is 428 g/mol. The van der Waals surface area contributed by atoms with Crippen LogP contribution < -0.4 is 5.32 Å². The zero-order valence-corrected chi connectivity index (χ0v) is 18.5. The number of amides is 1. The van der Waals surface area contributed by atoms with E-state index in [1.165, 1.54) is 11.8 Å². The van der Waals surface area contributed by atoms with Crippen molar-refractivity contribution in [1.29, 1.82) is 0 Å². The summed E-state index contributed by atoms with van der Waals surface area (Å²) in [7, 11) is -2.96. The lowest BCUT2D eigenvalue weighted by Gasteiger charge is -2.20. The Bertz CT molecular complexity index is 792. The molecule has 1 aliphatic rings. The molecule has 1 amide bonds. The fourth-order valence-corrected chi connectivity index (χ4v) is 6.58. The van der Waals surface area contributed by atoms with Crippen LogP contribution in [-0.2, 0) is 24.2 Å². The van der Waals surface area contributed by atoms with Crippen LogP contribution in [0.4, 0.5) is 5.69 Å². The highest BCUT2D eigenvalue weighted by atomic mass is 32.2. The van der Waals surface area contributed by atoms with Crippen molar-refractivity contribution in [3.63, 3.8) is 0 Å². The molecule has 1 saturated heterocycles. The van der Waals surface area contributed by atoms with Crippen molar-refractivity contribution in [1.82, 2.24) is 0 Å². The average Bonchev–Trinajstić information content (AvgIpc) is 2.96. The smallest absolute Gasteiger partial charge is 0.316 e. The van der Waals surface area contributed by atoms with Gasteiger partial charge in [0.25, 0.3) is 5.91 Å². The van der Waals surface area contributed by atoms with Gasteiger partial charge in [-0.05, 0) is 29.4 Å². The van der Waals surface area contributed by atoms with Gasteiger partial charge in [0, 0.05) is 10.9 Å². The summed E-state index contributed by atoms with van der Waals surface area (Å²) in [5.41, 5.74) is 2.88. The topological polar surface area (TPSA) is 89.5 Å². The summed E-state index contributed by atoms with van der Waals surface area (Å²) in [6, 6.07) is 5.97.